The van der Waals surface area contributed by atoms with Gasteiger partial charge in [0.05, 0.1) is 0 Å². The summed E-state index contributed by atoms with van der Waals surface area (Å²) >= 11 is 0. The summed E-state index contributed by atoms with van der Waals surface area (Å²) in [5.41, 5.74) is 0.280. The summed E-state index contributed by atoms with van der Waals surface area (Å²) in [6.07, 6.45) is 7.11. The molecule has 3 rings (SSSR count). The average molecular weight is 215 g/mol. The average Bonchev–Trinajstić information content (AvgIpc) is 2.13. The van der Waals surface area contributed by atoms with E-state index in [1.807, 2.05) is 30.3 Å². The third-order valence-corrected chi connectivity index (χ3v) is 4.65. The van der Waals surface area contributed by atoms with Gasteiger partial charge < -0.3 is 0 Å². The molecule has 0 heterocycles. The largest absolute Gasteiger partial charge is 0.224 e. The summed E-state index contributed by atoms with van der Waals surface area (Å²) in [5.74, 6) is 0.806. The van der Waals surface area contributed by atoms with Crippen molar-refractivity contribution in [1.82, 2.24) is 0 Å². The van der Waals surface area contributed by atoms with Gasteiger partial charge in [0.1, 0.15) is 5.60 Å². The number of hydrogen-bond acceptors (Lipinski definition) is 0. The number of benzene rings is 1. The molecule has 0 amide bonds. The highest BCUT2D eigenvalue weighted by Gasteiger charge is 2.50. The van der Waals surface area contributed by atoms with Gasteiger partial charge in [-0.25, -0.2) is 5.11 Å². The van der Waals surface area contributed by atoms with Gasteiger partial charge in [-0.2, -0.15) is 0 Å². The van der Waals surface area contributed by atoms with E-state index in [4.69, 9.17) is 0 Å². The highest BCUT2D eigenvalue weighted by Crippen LogP contribution is 2.53. The predicted molar refractivity (Wildman–Crippen MR) is 63.5 cm³/mol. The van der Waals surface area contributed by atoms with Gasteiger partial charge in [-0.15, -0.1) is 0 Å². The van der Waals surface area contributed by atoms with Crippen molar-refractivity contribution in [3.8, 4) is 0 Å². The smallest absolute Gasteiger partial charge is 0.134 e. The van der Waals surface area contributed by atoms with Crippen molar-refractivity contribution in [2.75, 3.05) is 0 Å². The van der Waals surface area contributed by atoms with Gasteiger partial charge in [0, 0.05) is 0 Å². The van der Waals surface area contributed by atoms with Gasteiger partial charge in [0.2, 0.25) is 0 Å². The lowest BCUT2D eigenvalue weighted by Crippen LogP contribution is -2.46. The number of rotatable bonds is 3. The quantitative estimate of drug-likeness (QED) is 0.728. The maximum Gasteiger partial charge on any atom is 0.134 e. The maximum atomic E-state index is 13.3. The van der Waals surface area contributed by atoms with Crippen LogP contribution in [0.5, 0.6) is 0 Å². The second-order valence-electron chi connectivity index (χ2n) is 5.41. The van der Waals surface area contributed by atoms with Crippen molar-refractivity contribution in [3.05, 3.63) is 35.9 Å². The predicted octanol–water partition coefficient (Wildman–Crippen LogP) is 3.91. The fraction of sp³-hybridized carbons (Fsp3) is 0.600. The van der Waals surface area contributed by atoms with E-state index in [0.717, 1.165) is 31.2 Å². The summed E-state index contributed by atoms with van der Waals surface area (Å²) < 4.78 is 0. The first-order valence-corrected chi connectivity index (χ1v) is 6.58. The monoisotopic (exact) mass is 215 g/mol. The van der Waals surface area contributed by atoms with Crippen LogP contribution in [0.15, 0.2) is 30.3 Å². The standard InChI is InChI=1S/C15H19O/c16-15(13-8-4-9-13,14-10-5-11-14)12-6-2-1-3-7-12/h1-3,6-7,13-14H,4-5,8-11H2. The highest BCUT2D eigenvalue weighted by atomic mass is 16.3. The van der Waals surface area contributed by atoms with Crippen LogP contribution in [0.25, 0.3) is 0 Å². The van der Waals surface area contributed by atoms with Crippen LogP contribution in [0.1, 0.15) is 44.1 Å². The SMILES string of the molecule is [O]C(c1ccccc1)(C1CCC1)C1CCC1. The van der Waals surface area contributed by atoms with Crippen molar-refractivity contribution < 1.29 is 5.11 Å². The van der Waals surface area contributed by atoms with E-state index in [-0.39, 0.29) is 0 Å². The highest BCUT2D eigenvalue weighted by molar-refractivity contribution is 5.25. The minimum absolute atomic E-state index is 0.403. The molecular weight excluding hydrogens is 196 g/mol. The molecule has 2 aliphatic carbocycles. The molecule has 0 bridgehead atoms. The van der Waals surface area contributed by atoms with E-state index >= 15 is 0 Å². The first-order valence-electron chi connectivity index (χ1n) is 6.58. The van der Waals surface area contributed by atoms with Crippen molar-refractivity contribution in [2.45, 2.75) is 44.1 Å². The molecule has 1 radical (unpaired) electrons. The normalized spacial score (nSPS) is 22.6. The Balaban J connectivity index is 1.94. The summed E-state index contributed by atoms with van der Waals surface area (Å²) in [5, 5.41) is 13.3. The zero-order valence-electron chi connectivity index (χ0n) is 9.69. The van der Waals surface area contributed by atoms with E-state index in [2.05, 4.69) is 0 Å². The van der Waals surface area contributed by atoms with Crippen LogP contribution in [-0.4, -0.2) is 0 Å². The molecule has 2 saturated carbocycles. The van der Waals surface area contributed by atoms with Crippen molar-refractivity contribution in [2.24, 2.45) is 11.8 Å². The maximum absolute atomic E-state index is 13.3. The van der Waals surface area contributed by atoms with E-state index in [1.54, 1.807) is 0 Å². The molecule has 0 saturated heterocycles. The van der Waals surface area contributed by atoms with E-state index in [1.165, 1.54) is 12.8 Å². The second kappa shape index (κ2) is 3.89. The molecule has 1 aromatic rings. The second-order valence-corrected chi connectivity index (χ2v) is 5.41. The lowest BCUT2D eigenvalue weighted by Gasteiger charge is -2.48. The van der Waals surface area contributed by atoms with Crippen LogP contribution in [-0.2, 0) is 10.7 Å². The molecule has 2 fully saturated rings. The zero-order chi connectivity index (χ0) is 11.0. The molecule has 85 valence electrons. The third kappa shape index (κ3) is 1.41. The van der Waals surface area contributed by atoms with Gasteiger partial charge in [-0.1, -0.05) is 43.2 Å². The topological polar surface area (TPSA) is 19.9 Å². The first-order chi connectivity index (χ1) is 7.82. The molecule has 2 aliphatic rings. The molecule has 1 heteroatoms. The lowest BCUT2D eigenvalue weighted by atomic mass is 9.59. The van der Waals surface area contributed by atoms with Crippen LogP contribution >= 0.6 is 0 Å². The molecule has 0 N–H and O–H groups in total. The van der Waals surface area contributed by atoms with Crippen LogP contribution in [0.4, 0.5) is 0 Å². The lowest BCUT2D eigenvalue weighted by molar-refractivity contribution is -0.170. The minimum Gasteiger partial charge on any atom is -0.224 e. The fourth-order valence-corrected chi connectivity index (χ4v) is 3.18. The molecule has 1 nitrogen and oxygen atoms in total. The molecule has 0 aromatic heterocycles. The van der Waals surface area contributed by atoms with Gasteiger partial charge >= 0.3 is 0 Å². The van der Waals surface area contributed by atoms with E-state index in [9.17, 15) is 5.11 Å². The molecule has 16 heavy (non-hydrogen) atoms. The molecule has 1 aromatic carbocycles. The Hall–Kier alpha value is -0.820. The molecular formula is C15H19O. The third-order valence-electron chi connectivity index (χ3n) is 4.65. The van der Waals surface area contributed by atoms with Crippen molar-refractivity contribution in [3.63, 3.8) is 0 Å². The van der Waals surface area contributed by atoms with Gasteiger partial charge in [0.15, 0.2) is 0 Å². The Morgan fingerprint density at radius 1 is 0.875 bits per heavy atom. The Morgan fingerprint density at radius 2 is 1.38 bits per heavy atom. The Morgan fingerprint density at radius 3 is 1.75 bits per heavy atom. The number of hydrogen-bond donors (Lipinski definition) is 0. The summed E-state index contributed by atoms with van der Waals surface area (Å²) in [4.78, 5) is 0. The summed E-state index contributed by atoms with van der Waals surface area (Å²) in [6, 6.07) is 10.1. The Labute approximate surface area is 97.5 Å². The molecule has 0 unspecified atom stereocenters. The molecule has 0 atom stereocenters. The van der Waals surface area contributed by atoms with Crippen molar-refractivity contribution in [1.29, 1.82) is 0 Å². The van der Waals surface area contributed by atoms with E-state index in [0.29, 0.717) is 11.8 Å². The van der Waals surface area contributed by atoms with Crippen LogP contribution in [0.3, 0.4) is 0 Å². The summed E-state index contributed by atoms with van der Waals surface area (Å²) in [7, 11) is 0. The van der Waals surface area contributed by atoms with Gasteiger partial charge in [-0.05, 0) is 43.1 Å². The van der Waals surface area contributed by atoms with Gasteiger partial charge in [-0.3, -0.25) is 0 Å². The zero-order valence-corrected chi connectivity index (χ0v) is 9.69. The van der Waals surface area contributed by atoms with Crippen LogP contribution in [0, 0.1) is 11.8 Å². The van der Waals surface area contributed by atoms with Gasteiger partial charge in [0.25, 0.3) is 0 Å². The minimum atomic E-state index is -0.766. The first kappa shape index (κ1) is 10.3. The summed E-state index contributed by atoms with van der Waals surface area (Å²) in [6.45, 7) is 0. The fourth-order valence-electron chi connectivity index (χ4n) is 3.18. The van der Waals surface area contributed by atoms with Crippen molar-refractivity contribution >= 4 is 0 Å². The van der Waals surface area contributed by atoms with Crippen LogP contribution < -0.4 is 0 Å². The Bertz CT molecular complexity index is 335. The Kier molecular flexibility index (Phi) is 2.51. The van der Waals surface area contributed by atoms with Crippen LogP contribution in [0.2, 0.25) is 0 Å². The molecule has 0 spiro atoms. The van der Waals surface area contributed by atoms with E-state index < -0.39 is 5.60 Å². The molecule has 0 aliphatic heterocycles.